The molecule has 2 aliphatic heterocycles. The predicted molar refractivity (Wildman–Crippen MR) is 139 cm³/mol. The number of hydroxylamine groups is 1. The minimum atomic E-state index is -0.637. The van der Waals surface area contributed by atoms with Gasteiger partial charge in [-0.1, -0.05) is 47.5 Å². The number of halogens is 2. The highest BCUT2D eigenvalue weighted by Gasteiger charge is 2.50. The van der Waals surface area contributed by atoms with Crippen LogP contribution in [0.2, 0.25) is 10.0 Å². The molecule has 0 spiro atoms. The predicted octanol–water partition coefficient (Wildman–Crippen LogP) is 6.76. The van der Waals surface area contributed by atoms with Crippen molar-refractivity contribution in [2.45, 2.75) is 31.4 Å². The first kappa shape index (κ1) is 24.6. The van der Waals surface area contributed by atoms with Crippen LogP contribution in [0.15, 0.2) is 72.8 Å². The minimum absolute atomic E-state index is 0.0254. The molecule has 36 heavy (non-hydrogen) atoms. The second kappa shape index (κ2) is 10.5. The molecule has 2 saturated heterocycles. The highest BCUT2D eigenvalue weighted by Crippen LogP contribution is 2.50. The summed E-state index contributed by atoms with van der Waals surface area (Å²) in [7, 11) is 0. The summed E-state index contributed by atoms with van der Waals surface area (Å²) in [6.45, 7) is 1.37. The molecule has 2 aliphatic rings. The third-order valence-corrected chi connectivity index (χ3v) is 7.31. The average molecular weight is 526 g/mol. The topological polar surface area (TPSA) is 75.9 Å². The lowest BCUT2D eigenvalue weighted by Crippen LogP contribution is -2.42. The van der Waals surface area contributed by atoms with Crippen LogP contribution in [0.1, 0.15) is 42.5 Å². The van der Waals surface area contributed by atoms with Crippen LogP contribution in [-0.2, 0) is 9.63 Å². The van der Waals surface area contributed by atoms with Crippen molar-refractivity contribution in [2.24, 2.45) is 5.92 Å². The summed E-state index contributed by atoms with van der Waals surface area (Å²) in [6.07, 6.45) is 2.38. The second-order valence-electron chi connectivity index (χ2n) is 9.09. The molecule has 3 atom stereocenters. The Hall–Kier alpha value is -3.13. The number of non-ortho nitro benzene ring substituents is 1. The van der Waals surface area contributed by atoms with Gasteiger partial charge in [-0.25, -0.2) is 5.06 Å². The normalized spacial score (nSPS) is 22.0. The van der Waals surface area contributed by atoms with E-state index in [4.69, 9.17) is 28.0 Å². The number of rotatable bonds is 5. The number of nitro benzene ring substituents is 1. The van der Waals surface area contributed by atoms with Gasteiger partial charge in [0.1, 0.15) is 6.10 Å². The minimum Gasteiger partial charge on any atom is -0.342 e. The number of piperidine rings is 1. The van der Waals surface area contributed by atoms with Crippen molar-refractivity contribution >= 4 is 40.5 Å². The highest BCUT2D eigenvalue weighted by molar-refractivity contribution is 6.30. The van der Waals surface area contributed by atoms with E-state index in [0.29, 0.717) is 34.4 Å². The fraction of sp³-hybridized carbons (Fsp3) is 0.296. The highest BCUT2D eigenvalue weighted by atomic mass is 35.5. The quantitative estimate of drug-likeness (QED) is 0.271. The van der Waals surface area contributed by atoms with Crippen LogP contribution in [0.25, 0.3) is 0 Å². The van der Waals surface area contributed by atoms with E-state index in [0.717, 1.165) is 24.8 Å². The van der Waals surface area contributed by atoms with Gasteiger partial charge < -0.3 is 4.90 Å². The molecule has 0 unspecified atom stereocenters. The lowest BCUT2D eigenvalue weighted by Gasteiger charge is -2.33. The first-order chi connectivity index (χ1) is 17.4. The maximum absolute atomic E-state index is 14.1. The lowest BCUT2D eigenvalue weighted by molar-refractivity contribution is -0.384. The molecule has 0 saturated carbocycles. The van der Waals surface area contributed by atoms with Crippen LogP contribution in [0.3, 0.4) is 0 Å². The third kappa shape index (κ3) is 4.91. The van der Waals surface area contributed by atoms with Gasteiger partial charge in [-0.2, -0.15) is 0 Å². The molecule has 2 heterocycles. The van der Waals surface area contributed by atoms with Crippen LogP contribution >= 0.6 is 23.2 Å². The van der Waals surface area contributed by atoms with Crippen LogP contribution in [-0.4, -0.2) is 28.8 Å². The molecule has 7 nitrogen and oxygen atoms in total. The molecule has 2 fully saturated rings. The average Bonchev–Trinajstić information content (AvgIpc) is 3.30. The molecule has 3 aromatic rings. The number of carbonyl (C=O) groups is 1. The summed E-state index contributed by atoms with van der Waals surface area (Å²) in [4.78, 5) is 33.7. The smallest absolute Gasteiger partial charge is 0.269 e. The standard InChI is InChI=1S/C27H25Cl2N3O4/c28-20-9-7-18(8-10-20)26-24(27(33)30-15-2-1-3-16-30)25(19-5-4-6-23(17-19)32(34)35)31(36-26)22-13-11-21(29)12-14-22/h4-14,17,24-26H,1-3,15-16H2/t24-,25-,26+/m1/s1. The fourth-order valence-corrected chi connectivity index (χ4v) is 5.30. The first-order valence-corrected chi connectivity index (χ1v) is 12.7. The lowest BCUT2D eigenvalue weighted by atomic mass is 9.84. The van der Waals surface area contributed by atoms with Gasteiger partial charge in [-0.3, -0.25) is 19.7 Å². The SMILES string of the molecule is O=C([C@@H]1[C@@H](c2cccc([N+](=O)[O-])c2)N(c2ccc(Cl)cc2)O[C@H]1c1ccc(Cl)cc1)N1CCCCC1. The van der Waals surface area contributed by atoms with Crippen molar-refractivity contribution in [3.63, 3.8) is 0 Å². The summed E-state index contributed by atoms with van der Waals surface area (Å²) >= 11 is 12.3. The van der Waals surface area contributed by atoms with E-state index in [1.807, 2.05) is 35.2 Å². The Bertz CT molecular complexity index is 1250. The van der Waals surface area contributed by atoms with Crippen molar-refractivity contribution in [2.75, 3.05) is 18.2 Å². The second-order valence-corrected chi connectivity index (χ2v) is 9.96. The first-order valence-electron chi connectivity index (χ1n) is 11.9. The van der Waals surface area contributed by atoms with Gasteiger partial charge >= 0.3 is 0 Å². The number of hydrogen-bond donors (Lipinski definition) is 0. The molecule has 0 bridgehead atoms. The molecule has 0 aliphatic carbocycles. The van der Waals surface area contributed by atoms with E-state index < -0.39 is 23.0 Å². The monoisotopic (exact) mass is 525 g/mol. The molecule has 0 N–H and O–H groups in total. The summed E-state index contributed by atoms with van der Waals surface area (Å²) in [6, 6.07) is 20.2. The van der Waals surface area contributed by atoms with Crippen molar-refractivity contribution in [3.05, 3.63) is 104 Å². The summed E-state index contributed by atoms with van der Waals surface area (Å²) < 4.78 is 0. The Morgan fingerprint density at radius 2 is 1.53 bits per heavy atom. The zero-order chi connectivity index (χ0) is 25.2. The van der Waals surface area contributed by atoms with Gasteiger partial charge in [-0.15, -0.1) is 0 Å². The number of nitro groups is 1. The van der Waals surface area contributed by atoms with Crippen LogP contribution in [0, 0.1) is 16.0 Å². The Kier molecular flexibility index (Phi) is 7.14. The van der Waals surface area contributed by atoms with E-state index in [9.17, 15) is 14.9 Å². The van der Waals surface area contributed by atoms with Gasteiger partial charge in [0.25, 0.3) is 5.69 Å². The molecule has 1 amide bonds. The summed E-state index contributed by atoms with van der Waals surface area (Å²) in [5.74, 6) is -0.662. The number of benzene rings is 3. The zero-order valence-corrected chi connectivity index (χ0v) is 20.9. The molecule has 5 rings (SSSR count). The fourth-order valence-electron chi connectivity index (χ4n) is 5.05. The van der Waals surface area contributed by atoms with Gasteiger partial charge in [0.2, 0.25) is 5.91 Å². The molecule has 0 radical (unpaired) electrons. The maximum atomic E-state index is 14.1. The molecular weight excluding hydrogens is 501 g/mol. The Balaban J connectivity index is 1.65. The van der Waals surface area contributed by atoms with Gasteiger partial charge in [0.05, 0.1) is 22.6 Å². The number of nitrogens with zero attached hydrogens (tertiary/aromatic N) is 3. The summed E-state index contributed by atoms with van der Waals surface area (Å²) in [5, 5.41) is 14.4. The number of hydrogen-bond acceptors (Lipinski definition) is 5. The third-order valence-electron chi connectivity index (χ3n) is 6.80. The van der Waals surface area contributed by atoms with E-state index in [-0.39, 0.29) is 11.6 Å². The molecule has 0 aromatic heterocycles. The van der Waals surface area contributed by atoms with E-state index in [2.05, 4.69) is 0 Å². The van der Waals surface area contributed by atoms with E-state index in [1.54, 1.807) is 35.4 Å². The van der Waals surface area contributed by atoms with Gasteiger partial charge in [0.15, 0.2) is 0 Å². The van der Waals surface area contributed by atoms with Crippen LogP contribution < -0.4 is 5.06 Å². The molecule has 9 heteroatoms. The molecule has 3 aromatic carbocycles. The number of anilines is 1. The van der Waals surface area contributed by atoms with E-state index in [1.165, 1.54) is 12.1 Å². The van der Waals surface area contributed by atoms with Gasteiger partial charge in [-0.05, 0) is 66.8 Å². The Morgan fingerprint density at radius 1 is 0.889 bits per heavy atom. The largest absolute Gasteiger partial charge is 0.342 e. The van der Waals surface area contributed by atoms with Crippen molar-refractivity contribution in [1.29, 1.82) is 0 Å². The van der Waals surface area contributed by atoms with Crippen molar-refractivity contribution < 1.29 is 14.6 Å². The number of carbonyl (C=O) groups excluding carboxylic acids is 1. The Labute approximate surface area is 219 Å². The maximum Gasteiger partial charge on any atom is 0.269 e. The Morgan fingerprint density at radius 3 is 2.17 bits per heavy atom. The zero-order valence-electron chi connectivity index (χ0n) is 19.4. The number of likely N-dealkylation sites (tertiary alicyclic amines) is 1. The summed E-state index contributed by atoms with van der Waals surface area (Å²) in [5.41, 5.74) is 2.10. The van der Waals surface area contributed by atoms with E-state index >= 15 is 0 Å². The van der Waals surface area contributed by atoms with Crippen LogP contribution in [0.4, 0.5) is 11.4 Å². The van der Waals surface area contributed by atoms with Crippen molar-refractivity contribution in [3.8, 4) is 0 Å². The number of amides is 1. The van der Waals surface area contributed by atoms with Gasteiger partial charge in [0, 0.05) is 35.3 Å². The molecular formula is C27H25Cl2N3O4. The van der Waals surface area contributed by atoms with Crippen molar-refractivity contribution in [1.82, 2.24) is 4.90 Å². The van der Waals surface area contributed by atoms with Crippen LogP contribution in [0.5, 0.6) is 0 Å². The molecule has 186 valence electrons.